The number of para-hydroxylation sites is 2. The number of hydrogen-bond acceptors (Lipinski definition) is 5. The van der Waals surface area contributed by atoms with Gasteiger partial charge in [0.25, 0.3) is 0 Å². The van der Waals surface area contributed by atoms with Gasteiger partial charge in [0.1, 0.15) is 11.9 Å². The van der Waals surface area contributed by atoms with Gasteiger partial charge in [-0.2, -0.15) is 0 Å². The molecular weight excluding hydrogens is 268 g/mol. The molecule has 0 aliphatic carbocycles. The molecule has 1 aromatic carbocycles. The predicted molar refractivity (Wildman–Crippen MR) is 79.7 cm³/mol. The number of hydrogen-bond donors (Lipinski definition) is 1. The summed E-state index contributed by atoms with van der Waals surface area (Å²) >= 11 is 0. The first-order valence-corrected chi connectivity index (χ1v) is 6.69. The standard InChI is InChI=1S/C16H18N2O3/c1-11(13-7-9-18-10-8-13)21-16(19)12(2)20-15-6-4-3-5-14(15)17/h3-12H,17H2,1-2H3. The number of nitrogens with two attached hydrogens (primary N) is 1. The fraction of sp³-hybridized carbons (Fsp3) is 0.250. The average molecular weight is 286 g/mol. The average Bonchev–Trinajstić information content (AvgIpc) is 2.50. The Morgan fingerprint density at radius 2 is 1.81 bits per heavy atom. The zero-order valence-corrected chi connectivity index (χ0v) is 12.0. The number of nitrogen functional groups attached to an aromatic ring is 1. The van der Waals surface area contributed by atoms with E-state index in [0.717, 1.165) is 5.56 Å². The number of pyridine rings is 1. The minimum Gasteiger partial charge on any atom is -0.477 e. The highest BCUT2D eigenvalue weighted by Gasteiger charge is 2.20. The number of rotatable bonds is 5. The topological polar surface area (TPSA) is 74.4 Å². The van der Waals surface area contributed by atoms with Crippen molar-refractivity contribution in [2.45, 2.75) is 26.1 Å². The van der Waals surface area contributed by atoms with E-state index >= 15 is 0 Å². The Labute approximate surface area is 123 Å². The molecule has 21 heavy (non-hydrogen) atoms. The highest BCUT2D eigenvalue weighted by molar-refractivity contribution is 5.75. The highest BCUT2D eigenvalue weighted by atomic mass is 16.6. The molecule has 1 heterocycles. The van der Waals surface area contributed by atoms with Gasteiger partial charge in [0.2, 0.25) is 0 Å². The van der Waals surface area contributed by atoms with E-state index in [1.807, 2.05) is 0 Å². The first-order valence-electron chi connectivity index (χ1n) is 6.69. The lowest BCUT2D eigenvalue weighted by Crippen LogP contribution is -2.27. The molecule has 5 nitrogen and oxygen atoms in total. The Morgan fingerprint density at radius 1 is 1.14 bits per heavy atom. The monoisotopic (exact) mass is 286 g/mol. The van der Waals surface area contributed by atoms with Crippen LogP contribution in [0.3, 0.4) is 0 Å². The van der Waals surface area contributed by atoms with Gasteiger partial charge in [-0.1, -0.05) is 12.1 Å². The summed E-state index contributed by atoms with van der Waals surface area (Å²) in [5, 5.41) is 0. The highest BCUT2D eigenvalue weighted by Crippen LogP contribution is 2.22. The molecule has 2 atom stereocenters. The molecule has 0 amide bonds. The minimum atomic E-state index is -0.737. The molecule has 0 aliphatic rings. The van der Waals surface area contributed by atoms with E-state index in [9.17, 15) is 4.79 Å². The Bertz CT molecular complexity index is 601. The molecule has 2 unspecified atom stereocenters. The van der Waals surface area contributed by atoms with Crippen LogP contribution in [0.25, 0.3) is 0 Å². The van der Waals surface area contributed by atoms with E-state index in [-0.39, 0.29) is 6.10 Å². The van der Waals surface area contributed by atoms with E-state index in [4.69, 9.17) is 15.2 Å². The zero-order valence-electron chi connectivity index (χ0n) is 12.0. The van der Waals surface area contributed by atoms with Crippen molar-refractivity contribution in [2.24, 2.45) is 0 Å². The first-order chi connectivity index (χ1) is 10.1. The van der Waals surface area contributed by atoms with Crippen LogP contribution in [0.1, 0.15) is 25.5 Å². The van der Waals surface area contributed by atoms with Gasteiger partial charge in [-0.25, -0.2) is 4.79 Å². The molecule has 0 radical (unpaired) electrons. The number of benzene rings is 1. The van der Waals surface area contributed by atoms with Gasteiger partial charge in [0.15, 0.2) is 6.10 Å². The molecule has 2 N–H and O–H groups in total. The predicted octanol–water partition coefficient (Wildman–Crippen LogP) is 2.74. The van der Waals surface area contributed by atoms with Crippen LogP contribution in [0, 0.1) is 0 Å². The molecule has 0 fully saturated rings. The summed E-state index contributed by atoms with van der Waals surface area (Å²) in [6, 6.07) is 10.6. The molecule has 110 valence electrons. The van der Waals surface area contributed by atoms with Crippen LogP contribution in [0.5, 0.6) is 5.75 Å². The molecule has 0 aliphatic heterocycles. The summed E-state index contributed by atoms with van der Waals surface area (Å²) in [5.41, 5.74) is 7.14. The van der Waals surface area contributed by atoms with Crippen LogP contribution < -0.4 is 10.5 Å². The molecule has 2 aromatic rings. The van der Waals surface area contributed by atoms with Crippen LogP contribution in [0.4, 0.5) is 5.69 Å². The molecule has 0 saturated heterocycles. The quantitative estimate of drug-likeness (QED) is 0.675. The van der Waals surface area contributed by atoms with Gasteiger partial charge in [0, 0.05) is 12.4 Å². The van der Waals surface area contributed by atoms with Crippen molar-refractivity contribution < 1.29 is 14.3 Å². The smallest absolute Gasteiger partial charge is 0.347 e. The van der Waals surface area contributed by atoms with Crippen molar-refractivity contribution in [3.63, 3.8) is 0 Å². The van der Waals surface area contributed by atoms with Crippen molar-refractivity contribution in [1.82, 2.24) is 4.98 Å². The summed E-state index contributed by atoms with van der Waals surface area (Å²) < 4.78 is 10.9. The van der Waals surface area contributed by atoms with Crippen molar-refractivity contribution in [3.05, 3.63) is 54.4 Å². The van der Waals surface area contributed by atoms with Gasteiger partial charge in [0.05, 0.1) is 5.69 Å². The van der Waals surface area contributed by atoms with Crippen LogP contribution in [0.15, 0.2) is 48.8 Å². The summed E-state index contributed by atoms with van der Waals surface area (Å²) in [5.74, 6) is 0.0288. The molecule has 0 saturated carbocycles. The first kappa shape index (κ1) is 14.8. The van der Waals surface area contributed by atoms with E-state index in [1.165, 1.54) is 0 Å². The third-order valence-electron chi connectivity index (χ3n) is 3.02. The second kappa shape index (κ2) is 6.74. The maximum absolute atomic E-state index is 12.0. The van der Waals surface area contributed by atoms with Gasteiger partial charge in [-0.3, -0.25) is 4.98 Å². The lowest BCUT2D eigenvalue weighted by atomic mass is 10.2. The molecule has 0 bridgehead atoms. The minimum absolute atomic E-state index is 0.361. The van der Waals surface area contributed by atoms with Gasteiger partial charge in [-0.05, 0) is 43.7 Å². The molecular formula is C16H18N2O3. The SMILES string of the molecule is CC(Oc1ccccc1N)C(=O)OC(C)c1ccncc1. The lowest BCUT2D eigenvalue weighted by Gasteiger charge is -2.18. The zero-order chi connectivity index (χ0) is 15.2. The van der Waals surface area contributed by atoms with Crippen molar-refractivity contribution in [2.75, 3.05) is 5.73 Å². The number of ether oxygens (including phenoxy) is 2. The number of aromatic nitrogens is 1. The lowest BCUT2D eigenvalue weighted by molar-refractivity contribution is -0.156. The van der Waals surface area contributed by atoms with E-state index in [0.29, 0.717) is 11.4 Å². The van der Waals surface area contributed by atoms with Gasteiger partial charge < -0.3 is 15.2 Å². The number of nitrogens with zero attached hydrogens (tertiary/aromatic N) is 1. The number of esters is 1. The third kappa shape index (κ3) is 3.95. The van der Waals surface area contributed by atoms with Crippen molar-refractivity contribution in [3.8, 4) is 5.75 Å². The second-order valence-electron chi connectivity index (χ2n) is 4.66. The maximum atomic E-state index is 12.0. The number of carbonyl (C=O) groups excluding carboxylic acids is 1. The van der Waals surface area contributed by atoms with Crippen LogP contribution >= 0.6 is 0 Å². The Balaban J connectivity index is 1.95. The molecule has 5 heteroatoms. The van der Waals surface area contributed by atoms with Crippen LogP contribution in [-0.4, -0.2) is 17.1 Å². The summed E-state index contributed by atoms with van der Waals surface area (Å²) in [7, 11) is 0. The largest absolute Gasteiger partial charge is 0.477 e. The fourth-order valence-electron chi connectivity index (χ4n) is 1.80. The van der Waals surface area contributed by atoms with E-state index < -0.39 is 12.1 Å². The van der Waals surface area contributed by atoms with Crippen molar-refractivity contribution in [1.29, 1.82) is 0 Å². The fourth-order valence-corrected chi connectivity index (χ4v) is 1.80. The third-order valence-corrected chi connectivity index (χ3v) is 3.02. The molecule has 1 aromatic heterocycles. The molecule has 0 spiro atoms. The van der Waals surface area contributed by atoms with Crippen LogP contribution in [-0.2, 0) is 9.53 Å². The number of anilines is 1. The van der Waals surface area contributed by atoms with Crippen LogP contribution in [0.2, 0.25) is 0 Å². The second-order valence-corrected chi connectivity index (χ2v) is 4.66. The summed E-state index contributed by atoms with van der Waals surface area (Å²) in [4.78, 5) is 16.0. The normalized spacial score (nSPS) is 13.2. The molecule has 2 rings (SSSR count). The Kier molecular flexibility index (Phi) is 4.77. The van der Waals surface area contributed by atoms with E-state index in [1.54, 1.807) is 62.6 Å². The number of carbonyl (C=O) groups is 1. The summed E-state index contributed by atoms with van der Waals surface area (Å²) in [6.07, 6.45) is 2.22. The van der Waals surface area contributed by atoms with Gasteiger partial charge in [-0.15, -0.1) is 0 Å². The van der Waals surface area contributed by atoms with E-state index in [2.05, 4.69) is 4.98 Å². The maximum Gasteiger partial charge on any atom is 0.347 e. The Hall–Kier alpha value is -2.56. The summed E-state index contributed by atoms with van der Waals surface area (Å²) in [6.45, 7) is 3.44. The van der Waals surface area contributed by atoms with Crippen molar-refractivity contribution >= 4 is 11.7 Å². The van der Waals surface area contributed by atoms with Gasteiger partial charge >= 0.3 is 5.97 Å². The Morgan fingerprint density at radius 3 is 2.48 bits per heavy atom.